The number of aromatic nitrogens is 2. The van der Waals surface area contributed by atoms with Crippen LogP contribution in [0.1, 0.15) is 6.92 Å². The molecular formula is C12H22N4O2. The largest absolute Gasteiger partial charge is 0.383 e. The maximum atomic E-state index is 5.11. The van der Waals surface area contributed by atoms with Gasteiger partial charge in [-0.15, -0.1) is 0 Å². The van der Waals surface area contributed by atoms with Crippen molar-refractivity contribution in [3.05, 3.63) is 12.4 Å². The van der Waals surface area contributed by atoms with Gasteiger partial charge < -0.3 is 19.7 Å². The minimum atomic E-state index is 0.650. The Labute approximate surface area is 108 Å². The van der Waals surface area contributed by atoms with Gasteiger partial charge in [-0.25, -0.2) is 4.98 Å². The van der Waals surface area contributed by atoms with Crippen LogP contribution in [-0.2, 0) is 9.47 Å². The topological polar surface area (TPSA) is 59.5 Å². The summed E-state index contributed by atoms with van der Waals surface area (Å²) in [6.07, 6.45) is 3.48. The average Bonchev–Trinajstić information content (AvgIpc) is 2.40. The highest BCUT2D eigenvalue weighted by Gasteiger charge is 2.08. The van der Waals surface area contributed by atoms with E-state index in [-0.39, 0.29) is 0 Å². The van der Waals surface area contributed by atoms with Crippen molar-refractivity contribution >= 4 is 11.6 Å². The van der Waals surface area contributed by atoms with Gasteiger partial charge in [0.15, 0.2) is 0 Å². The van der Waals surface area contributed by atoms with Crippen LogP contribution < -0.4 is 10.2 Å². The van der Waals surface area contributed by atoms with Gasteiger partial charge in [-0.05, 0) is 6.92 Å². The molecule has 0 spiro atoms. The van der Waals surface area contributed by atoms with Gasteiger partial charge in [0, 0.05) is 33.9 Å². The van der Waals surface area contributed by atoms with Crippen LogP contribution >= 0.6 is 0 Å². The molecule has 0 amide bonds. The van der Waals surface area contributed by atoms with Crippen LogP contribution in [0.4, 0.5) is 11.6 Å². The van der Waals surface area contributed by atoms with E-state index in [0.29, 0.717) is 13.2 Å². The Kier molecular flexibility index (Phi) is 7.05. The average molecular weight is 254 g/mol. The number of methoxy groups -OCH3 is 2. The maximum Gasteiger partial charge on any atom is 0.149 e. The second-order valence-corrected chi connectivity index (χ2v) is 3.77. The molecule has 0 bridgehead atoms. The van der Waals surface area contributed by atoms with Crippen LogP contribution in [0.3, 0.4) is 0 Å². The molecule has 1 aromatic rings. The van der Waals surface area contributed by atoms with Crippen molar-refractivity contribution in [3.63, 3.8) is 0 Å². The number of nitrogens with one attached hydrogen (secondary N) is 1. The molecule has 1 aromatic heterocycles. The predicted molar refractivity (Wildman–Crippen MR) is 72.2 cm³/mol. The molecule has 6 nitrogen and oxygen atoms in total. The zero-order valence-electron chi connectivity index (χ0n) is 11.3. The lowest BCUT2D eigenvalue weighted by Crippen LogP contribution is -2.31. The lowest BCUT2D eigenvalue weighted by Gasteiger charge is -2.23. The van der Waals surface area contributed by atoms with Crippen molar-refractivity contribution in [1.29, 1.82) is 0 Å². The summed E-state index contributed by atoms with van der Waals surface area (Å²) < 4.78 is 10.2. The summed E-state index contributed by atoms with van der Waals surface area (Å²) >= 11 is 0. The molecular weight excluding hydrogens is 232 g/mol. The molecule has 0 aromatic carbocycles. The third kappa shape index (κ3) is 4.85. The van der Waals surface area contributed by atoms with Gasteiger partial charge in [0.2, 0.25) is 0 Å². The quantitative estimate of drug-likeness (QED) is 0.709. The Morgan fingerprint density at radius 2 is 1.83 bits per heavy atom. The first-order valence-electron chi connectivity index (χ1n) is 6.10. The summed E-state index contributed by atoms with van der Waals surface area (Å²) in [7, 11) is 3.38. The molecule has 102 valence electrons. The van der Waals surface area contributed by atoms with Crippen molar-refractivity contribution in [2.45, 2.75) is 6.92 Å². The van der Waals surface area contributed by atoms with E-state index >= 15 is 0 Å². The van der Waals surface area contributed by atoms with E-state index in [1.165, 1.54) is 0 Å². The Morgan fingerprint density at radius 1 is 1.17 bits per heavy atom. The summed E-state index contributed by atoms with van der Waals surface area (Å²) in [6.45, 7) is 5.69. The Bertz CT molecular complexity index is 328. The fourth-order valence-corrected chi connectivity index (χ4v) is 1.52. The van der Waals surface area contributed by atoms with Gasteiger partial charge in [-0.3, -0.25) is 4.98 Å². The lowest BCUT2D eigenvalue weighted by atomic mass is 10.4. The fraction of sp³-hybridized carbons (Fsp3) is 0.667. The molecule has 0 radical (unpaired) electrons. The fourth-order valence-electron chi connectivity index (χ4n) is 1.52. The first kappa shape index (κ1) is 14.7. The van der Waals surface area contributed by atoms with Gasteiger partial charge in [0.1, 0.15) is 11.6 Å². The van der Waals surface area contributed by atoms with Crippen LogP contribution in [0, 0.1) is 0 Å². The number of hydrogen-bond donors (Lipinski definition) is 1. The number of anilines is 2. The highest BCUT2D eigenvalue weighted by Crippen LogP contribution is 2.11. The first-order valence-corrected chi connectivity index (χ1v) is 6.10. The third-order valence-corrected chi connectivity index (χ3v) is 2.43. The monoisotopic (exact) mass is 254 g/mol. The van der Waals surface area contributed by atoms with E-state index < -0.39 is 0 Å². The molecule has 1 N–H and O–H groups in total. The zero-order valence-corrected chi connectivity index (χ0v) is 11.3. The standard InChI is InChI=1S/C12H22N4O2/c1-4-14-11-9-13-10-12(15-11)16(5-7-17-2)6-8-18-3/h9-10H,4-8H2,1-3H3,(H,14,15). The zero-order chi connectivity index (χ0) is 13.2. The second-order valence-electron chi connectivity index (χ2n) is 3.77. The van der Waals surface area contributed by atoms with E-state index in [1.54, 1.807) is 26.6 Å². The number of hydrogen-bond acceptors (Lipinski definition) is 6. The molecule has 0 aliphatic heterocycles. The van der Waals surface area contributed by atoms with Gasteiger partial charge >= 0.3 is 0 Å². The minimum absolute atomic E-state index is 0.650. The van der Waals surface area contributed by atoms with Crippen molar-refractivity contribution in [1.82, 2.24) is 9.97 Å². The minimum Gasteiger partial charge on any atom is -0.383 e. The smallest absolute Gasteiger partial charge is 0.149 e. The molecule has 0 saturated heterocycles. The molecule has 0 fully saturated rings. The van der Waals surface area contributed by atoms with Gasteiger partial charge in [0.05, 0.1) is 25.6 Å². The van der Waals surface area contributed by atoms with Crippen molar-refractivity contribution in [2.24, 2.45) is 0 Å². The van der Waals surface area contributed by atoms with Gasteiger partial charge in [-0.1, -0.05) is 0 Å². The van der Waals surface area contributed by atoms with Crippen LogP contribution in [0.15, 0.2) is 12.4 Å². The van der Waals surface area contributed by atoms with E-state index in [2.05, 4.69) is 20.2 Å². The van der Waals surface area contributed by atoms with Gasteiger partial charge in [0.25, 0.3) is 0 Å². The van der Waals surface area contributed by atoms with E-state index in [0.717, 1.165) is 31.3 Å². The maximum absolute atomic E-state index is 5.11. The molecule has 0 unspecified atom stereocenters. The van der Waals surface area contributed by atoms with E-state index in [9.17, 15) is 0 Å². The molecule has 6 heteroatoms. The van der Waals surface area contributed by atoms with E-state index in [1.807, 2.05) is 6.92 Å². The van der Waals surface area contributed by atoms with Crippen molar-refractivity contribution in [2.75, 3.05) is 57.3 Å². The summed E-state index contributed by atoms with van der Waals surface area (Å²) in [5.74, 6) is 1.62. The summed E-state index contributed by atoms with van der Waals surface area (Å²) in [5, 5.41) is 3.15. The lowest BCUT2D eigenvalue weighted by molar-refractivity contribution is 0.190. The SMILES string of the molecule is CCNc1cncc(N(CCOC)CCOC)n1. The van der Waals surface area contributed by atoms with Crippen LogP contribution in [-0.4, -0.2) is 57.0 Å². The summed E-state index contributed by atoms with van der Waals surface area (Å²) in [5.41, 5.74) is 0. The van der Waals surface area contributed by atoms with Crippen LogP contribution in [0.2, 0.25) is 0 Å². The molecule has 0 aliphatic rings. The predicted octanol–water partition coefficient (Wildman–Crippen LogP) is 1.01. The molecule has 18 heavy (non-hydrogen) atoms. The highest BCUT2D eigenvalue weighted by atomic mass is 16.5. The number of rotatable bonds is 9. The molecule has 0 aliphatic carbocycles. The van der Waals surface area contributed by atoms with Crippen molar-refractivity contribution in [3.8, 4) is 0 Å². The Morgan fingerprint density at radius 3 is 2.39 bits per heavy atom. The van der Waals surface area contributed by atoms with Gasteiger partial charge in [-0.2, -0.15) is 0 Å². The number of nitrogens with zero attached hydrogens (tertiary/aromatic N) is 3. The van der Waals surface area contributed by atoms with E-state index in [4.69, 9.17) is 9.47 Å². The van der Waals surface area contributed by atoms with Crippen molar-refractivity contribution < 1.29 is 9.47 Å². The second kappa shape index (κ2) is 8.66. The molecule has 1 heterocycles. The van der Waals surface area contributed by atoms with Crippen LogP contribution in [0.5, 0.6) is 0 Å². The van der Waals surface area contributed by atoms with Crippen LogP contribution in [0.25, 0.3) is 0 Å². The summed E-state index contributed by atoms with van der Waals surface area (Å²) in [6, 6.07) is 0. The Balaban J connectivity index is 2.72. The number of ether oxygens (including phenoxy) is 2. The Hall–Kier alpha value is -1.40. The molecule has 0 atom stereocenters. The highest BCUT2D eigenvalue weighted by molar-refractivity contribution is 5.43. The molecule has 1 rings (SSSR count). The first-order chi connectivity index (χ1) is 8.81. The normalized spacial score (nSPS) is 10.4. The molecule has 0 saturated carbocycles. The summed E-state index contributed by atoms with van der Waals surface area (Å²) in [4.78, 5) is 10.8. The third-order valence-electron chi connectivity index (χ3n) is 2.43.